The van der Waals surface area contributed by atoms with Crippen molar-refractivity contribution in [2.45, 2.75) is 0 Å². The van der Waals surface area contributed by atoms with Crippen LogP contribution in [0.4, 0.5) is 22.0 Å². The van der Waals surface area contributed by atoms with Crippen molar-refractivity contribution in [1.82, 2.24) is 19.4 Å². The van der Waals surface area contributed by atoms with E-state index in [0.29, 0.717) is 34.4 Å². The van der Waals surface area contributed by atoms with Gasteiger partial charge in [-0.3, -0.25) is 4.79 Å². The lowest BCUT2D eigenvalue weighted by Crippen LogP contribution is -2.20. The number of hydrogen-bond donors (Lipinski definition) is 3. The number of amides is 2. The molecule has 35 heavy (non-hydrogen) atoms. The van der Waals surface area contributed by atoms with Crippen LogP contribution in [0, 0.1) is 0 Å². The first-order chi connectivity index (χ1) is 16.8. The van der Waals surface area contributed by atoms with Crippen molar-refractivity contribution in [2.24, 2.45) is 0 Å². The molecule has 2 aromatic carbocycles. The summed E-state index contributed by atoms with van der Waals surface area (Å²) in [5.74, 6) is 0.726. The van der Waals surface area contributed by atoms with Gasteiger partial charge in [-0.2, -0.15) is 0 Å². The lowest BCUT2D eigenvalue weighted by atomic mass is 10.2. The molecule has 0 unspecified atom stereocenters. The summed E-state index contributed by atoms with van der Waals surface area (Å²) in [6.45, 7) is 1.27. The van der Waals surface area contributed by atoms with E-state index in [1.807, 2.05) is 19.0 Å². The van der Waals surface area contributed by atoms with Crippen LogP contribution in [0.5, 0.6) is 5.75 Å². The third kappa shape index (κ3) is 5.68. The lowest BCUT2D eigenvalue weighted by molar-refractivity contribution is 0.261. The van der Waals surface area contributed by atoms with Gasteiger partial charge in [-0.05, 0) is 50.5 Å². The number of carbonyl (C=O) groups excluding carboxylic acids is 1. The van der Waals surface area contributed by atoms with Crippen molar-refractivity contribution in [1.29, 1.82) is 0 Å². The van der Waals surface area contributed by atoms with Crippen molar-refractivity contribution in [3.05, 3.63) is 76.3 Å². The van der Waals surface area contributed by atoms with Gasteiger partial charge in [0, 0.05) is 36.2 Å². The highest BCUT2D eigenvalue weighted by atomic mass is 35.5. The van der Waals surface area contributed by atoms with Gasteiger partial charge < -0.3 is 30.6 Å². The molecule has 0 radical (unpaired) electrons. The van der Waals surface area contributed by atoms with Crippen LogP contribution >= 0.6 is 11.6 Å². The fourth-order valence-electron chi connectivity index (χ4n) is 3.34. The molecule has 4 N–H and O–H groups in total. The summed E-state index contributed by atoms with van der Waals surface area (Å²) in [7, 11) is 3.92. The lowest BCUT2D eigenvalue weighted by Gasteiger charge is -2.14. The maximum absolute atomic E-state index is 12.6. The van der Waals surface area contributed by atoms with Crippen LogP contribution in [-0.2, 0) is 0 Å². The summed E-state index contributed by atoms with van der Waals surface area (Å²) in [5, 5.41) is 6.15. The molecule has 0 spiro atoms. The number of anilines is 3. The van der Waals surface area contributed by atoms with Gasteiger partial charge in [-0.15, -0.1) is 0 Å². The zero-order chi connectivity index (χ0) is 24.9. The predicted octanol–water partition coefficient (Wildman–Crippen LogP) is 3.60. The molecule has 0 aliphatic rings. The number of nitrogens with zero attached hydrogens (tertiary/aromatic N) is 4. The number of nitrogen functional groups attached to an aromatic ring is 1. The Morgan fingerprint density at radius 1 is 1.11 bits per heavy atom. The number of aromatic nitrogens is 3. The summed E-state index contributed by atoms with van der Waals surface area (Å²) in [6, 6.07) is 13.1. The number of carbonyl (C=O) groups is 1. The molecule has 2 amide bonds. The standard InChI is InChI=1S/C24H24ClN7O3/c1-31(2)11-12-35-17-7-8-18(25)19(13-17)30-24(34)29-15-3-5-16(6-4-15)32-10-9-20(33)21-22(26)27-14-28-23(21)32/h3-10,13-14H,11-12H2,1-2H3,(H2,26,27,28)(H2,29,30,34). The Bertz CT molecular complexity index is 1420. The van der Waals surface area contributed by atoms with E-state index >= 15 is 0 Å². The fourth-order valence-corrected chi connectivity index (χ4v) is 3.50. The second-order valence-electron chi connectivity index (χ2n) is 7.93. The van der Waals surface area contributed by atoms with E-state index in [1.54, 1.807) is 53.2 Å². The molecule has 4 aromatic rings. The topological polar surface area (TPSA) is 127 Å². The minimum Gasteiger partial charge on any atom is -0.492 e. The van der Waals surface area contributed by atoms with E-state index in [-0.39, 0.29) is 16.6 Å². The summed E-state index contributed by atoms with van der Waals surface area (Å²) in [5.41, 5.74) is 7.72. The summed E-state index contributed by atoms with van der Waals surface area (Å²) < 4.78 is 7.42. The number of fused-ring (bicyclic) bond motifs is 1. The maximum Gasteiger partial charge on any atom is 0.323 e. The Morgan fingerprint density at radius 2 is 1.89 bits per heavy atom. The monoisotopic (exact) mass is 493 g/mol. The maximum atomic E-state index is 12.6. The van der Waals surface area contributed by atoms with Gasteiger partial charge in [0.2, 0.25) is 0 Å². The van der Waals surface area contributed by atoms with Crippen LogP contribution in [0.1, 0.15) is 0 Å². The normalized spacial score (nSPS) is 11.0. The minimum atomic E-state index is -0.459. The Labute approximate surface area is 206 Å². The first-order valence-electron chi connectivity index (χ1n) is 10.7. The van der Waals surface area contributed by atoms with Gasteiger partial charge in [0.05, 0.1) is 10.7 Å². The Hall–Kier alpha value is -4.15. The second kappa shape index (κ2) is 10.4. The van der Waals surface area contributed by atoms with E-state index in [4.69, 9.17) is 22.1 Å². The molecule has 10 nitrogen and oxygen atoms in total. The first kappa shape index (κ1) is 24.0. The molecule has 0 aliphatic carbocycles. The number of urea groups is 1. The van der Waals surface area contributed by atoms with Gasteiger partial charge in [-0.1, -0.05) is 11.6 Å². The van der Waals surface area contributed by atoms with Gasteiger partial charge in [0.1, 0.15) is 29.9 Å². The zero-order valence-electron chi connectivity index (χ0n) is 19.2. The van der Waals surface area contributed by atoms with Crippen molar-refractivity contribution in [3.63, 3.8) is 0 Å². The molecule has 0 aliphatic heterocycles. The molecule has 2 aromatic heterocycles. The van der Waals surface area contributed by atoms with E-state index in [0.717, 1.165) is 12.2 Å². The van der Waals surface area contributed by atoms with Crippen molar-refractivity contribution >= 4 is 45.9 Å². The number of benzene rings is 2. The average molecular weight is 494 g/mol. The Balaban J connectivity index is 1.46. The van der Waals surface area contributed by atoms with E-state index in [9.17, 15) is 9.59 Å². The van der Waals surface area contributed by atoms with Crippen LogP contribution < -0.4 is 26.5 Å². The van der Waals surface area contributed by atoms with Crippen molar-refractivity contribution in [3.8, 4) is 11.4 Å². The highest BCUT2D eigenvalue weighted by Crippen LogP contribution is 2.27. The number of pyridine rings is 1. The van der Waals surface area contributed by atoms with Crippen LogP contribution in [0.3, 0.4) is 0 Å². The molecular formula is C24H24ClN7O3. The van der Waals surface area contributed by atoms with Crippen LogP contribution in [0.25, 0.3) is 16.7 Å². The van der Waals surface area contributed by atoms with Crippen LogP contribution in [0.15, 0.2) is 65.8 Å². The number of nitrogens with one attached hydrogen (secondary N) is 2. The Kier molecular flexibility index (Phi) is 7.14. The molecular weight excluding hydrogens is 470 g/mol. The third-order valence-electron chi connectivity index (χ3n) is 5.10. The number of rotatable bonds is 7. The third-order valence-corrected chi connectivity index (χ3v) is 5.43. The van der Waals surface area contributed by atoms with Crippen molar-refractivity contribution < 1.29 is 9.53 Å². The molecule has 0 saturated carbocycles. The minimum absolute atomic E-state index is 0.120. The predicted molar refractivity (Wildman–Crippen MR) is 138 cm³/mol. The highest BCUT2D eigenvalue weighted by Gasteiger charge is 2.11. The summed E-state index contributed by atoms with van der Waals surface area (Å²) >= 11 is 6.24. The molecule has 180 valence electrons. The highest BCUT2D eigenvalue weighted by molar-refractivity contribution is 6.33. The smallest absolute Gasteiger partial charge is 0.323 e. The van der Waals surface area contributed by atoms with Crippen LogP contribution in [-0.4, -0.2) is 52.7 Å². The van der Waals surface area contributed by atoms with E-state index in [1.165, 1.54) is 12.4 Å². The molecule has 4 rings (SSSR count). The molecule has 0 bridgehead atoms. The van der Waals surface area contributed by atoms with Crippen LogP contribution in [0.2, 0.25) is 5.02 Å². The molecule has 11 heteroatoms. The molecule has 2 heterocycles. The fraction of sp³-hybridized carbons (Fsp3) is 0.167. The molecule has 0 fully saturated rings. The average Bonchev–Trinajstić information content (AvgIpc) is 2.82. The zero-order valence-corrected chi connectivity index (χ0v) is 19.9. The van der Waals surface area contributed by atoms with Gasteiger partial charge >= 0.3 is 6.03 Å². The van der Waals surface area contributed by atoms with E-state index in [2.05, 4.69) is 20.6 Å². The SMILES string of the molecule is CN(C)CCOc1ccc(Cl)c(NC(=O)Nc2ccc(-n3ccc(=O)c4c(N)ncnc43)cc2)c1. The number of hydrogen-bond acceptors (Lipinski definition) is 7. The quantitative estimate of drug-likeness (QED) is 0.359. The largest absolute Gasteiger partial charge is 0.492 e. The first-order valence-corrected chi connectivity index (χ1v) is 11.1. The number of ether oxygens (including phenoxy) is 1. The van der Waals surface area contributed by atoms with Gasteiger partial charge in [0.15, 0.2) is 11.1 Å². The molecule has 0 saturated heterocycles. The number of likely N-dealkylation sites (N-methyl/N-ethyl adjacent to an activating group) is 1. The summed E-state index contributed by atoms with van der Waals surface area (Å²) in [4.78, 5) is 34.9. The number of nitrogens with two attached hydrogens (primary N) is 1. The second-order valence-corrected chi connectivity index (χ2v) is 8.33. The number of halogens is 1. The van der Waals surface area contributed by atoms with Gasteiger partial charge in [-0.25, -0.2) is 14.8 Å². The van der Waals surface area contributed by atoms with E-state index < -0.39 is 6.03 Å². The van der Waals surface area contributed by atoms with Gasteiger partial charge in [0.25, 0.3) is 0 Å². The van der Waals surface area contributed by atoms with Crippen molar-refractivity contribution in [2.75, 3.05) is 43.6 Å². The Morgan fingerprint density at radius 3 is 2.63 bits per heavy atom. The molecule has 0 atom stereocenters. The summed E-state index contributed by atoms with van der Waals surface area (Å²) in [6.07, 6.45) is 2.92.